The number of fused-ring (bicyclic) bond motifs is 2. The van der Waals surface area contributed by atoms with Crippen molar-refractivity contribution in [2.45, 2.75) is 0 Å². The summed E-state index contributed by atoms with van der Waals surface area (Å²) in [5, 5.41) is 13.0. The van der Waals surface area contributed by atoms with E-state index in [0.29, 0.717) is 5.56 Å². The number of aromatic nitrogens is 2. The van der Waals surface area contributed by atoms with Gasteiger partial charge < -0.3 is 5.32 Å². The fraction of sp³-hybridized carbons (Fsp3) is 0. The van der Waals surface area contributed by atoms with Crippen molar-refractivity contribution in [2.24, 2.45) is 0 Å². The highest BCUT2D eigenvalue weighted by molar-refractivity contribution is 6.07. The average molecular weight is 287 g/mol. The molecule has 0 fully saturated rings. The number of nitrogens with zero attached hydrogens (tertiary/aromatic N) is 1. The number of aromatic amines is 1. The van der Waals surface area contributed by atoms with Crippen LogP contribution in [0.2, 0.25) is 0 Å². The summed E-state index contributed by atoms with van der Waals surface area (Å²) in [6.07, 6.45) is 1.75. The molecule has 0 unspecified atom stereocenters. The minimum atomic E-state index is -0.121. The summed E-state index contributed by atoms with van der Waals surface area (Å²) < 4.78 is 0. The quantitative estimate of drug-likeness (QED) is 0.586. The fourth-order valence-electron chi connectivity index (χ4n) is 2.55. The van der Waals surface area contributed by atoms with Crippen LogP contribution in [0.25, 0.3) is 21.7 Å². The number of anilines is 1. The number of rotatable bonds is 2. The van der Waals surface area contributed by atoms with Gasteiger partial charge in [-0.1, -0.05) is 30.3 Å². The molecular formula is C18H13N3O. The first-order chi connectivity index (χ1) is 10.8. The largest absolute Gasteiger partial charge is 0.322 e. The van der Waals surface area contributed by atoms with Gasteiger partial charge in [-0.05, 0) is 41.1 Å². The molecule has 0 bridgehead atoms. The van der Waals surface area contributed by atoms with Crippen LogP contribution < -0.4 is 5.32 Å². The lowest BCUT2D eigenvalue weighted by Crippen LogP contribution is -2.11. The zero-order chi connectivity index (χ0) is 14.9. The van der Waals surface area contributed by atoms with Gasteiger partial charge in [0.25, 0.3) is 5.91 Å². The Hall–Kier alpha value is -3.14. The number of hydrogen-bond acceptors (Lipinski definition) is 2. The highest BCUT2D eigenvalue weighted by Crippen LogP contribution is 2.19. The first-order valence-corrected chi connectivity index (χ1v) is 7.03. The van der Waals surface area contributed by atoms with Crippen molar-refractivity contribution in [2.75, 3.05) is 5.32 Å². The first kappa shape index (κ1) is 12.6. The summed E-state index contributed by atoms with van der Waals surface area (Å²) in [5.41, 5.74) is 2.29. The van der Waals surface area contributed by atoms with Crippen LogP contribution in [0.3, 0.4) is 0 Å². The molecule has 2 N–H and O–H groups in total. The second-order valence-electron chi connectivity index (χ2n) is 5.19. The lowest BCUT2D eigenvalue weighted by Gasteiger charge is -2.06. The van der Waals surface area contributed by atoms with Gasteiger partial charge >= 0.3 is 0 Å². The standard InChI is InChI=1S/C18H13N3O/c22-18(14-6-5-12-3-1-2-4-13(12)9-14)20-16-8-7-15-11-19-21-17(15)10-16/h1-11H,(H,19,21)(H,20,22). The molecule has 1 amide bonds. The number of amides is 1. The van der Waals surface area contributed by atoms with E-state index >= 15 is 0 Å². The number of carbonyl (C=O) groups is 1. The lowest BCUT2D eigenvalue weighted by molar-refractivity contribution is 0.102. The molecule has 1 heterocycles. The number of hydrogen-bond donors (Lipinski definition) is 2. The normalized spacial score (nSPS) is 10.9. The van der Waals surface area contributed by atoms with E-state index in [1.165, 1.54) is 0 Å². The maximum Gasteiger partial charge on any atom is 0.255 e. The minimum Gasteiger partial charge on any atom is -0.322 e. The van der Waals surface area contributed by atoms with Crippen LogP contribution in [-0.4, -0.2) is 16.1 Å². The van der Waals surface area contributed by atoms with Crippen molar-refractivity contribution < 1.29 is 4.79 Å². The Bertz CT molecular complexity index is 988. The highest BCUT2D eigenvalue weighted by Gasteiger charge is 2.07. The summed E-state index contributed by atoms with van der Waals surface area (Å²) in [6.45, 7) is 0. The van der Waals surface area contributed by atoms with Crippen molar-refractivity contribution in [1.29, 1.82) is 0 Å². The Morgan fingerprint density at radius 2 is 1.73 bits per heavy atom. The molecule has 106 valence electrons. The molecule has 22 heavy (non-hydrogen) atoms. The zero-order valence-electron chi connectivity index (χ0n) is 11.7. The summed E-state index contributed by atoms with van der Waals surface area (Å²) >= 11 is 0. The van der Waals surface area contributed by atoms with Crippen molar-refractivity contribution in [3.8, 4) is 0 Å². The molecule has 3 aromatic carbocycles. The summed E-state index contributed by atoms with van der Waals surface area (Å²) in [7, 11) is 0. The van der Waals surface area contributed by atoms with Crippen LogP contribution in [0.1, 0.15) is 10.4 Å². The van der Waals surface area contributed by atoms with Gasteiger partial charge in [-0.25, -0.2) is 0 Å². The third kappa shape index (κ3) is 2.20. The molecule has 4 aromatic rings. The van der Waals surface area contributed by atoms with Crippen LogP contribution >= 0.6 is 0 Å². The second kappa shape index (κ2) is 5.00. The molecule has 4 rings (SSSR count). The molecule has 0 saturated heterocycles. The molecule has 1 aromatic heterocycles. The summed E-state index contributed by atoms with van der Waals surface area (Å²) in [5.74, 6) is -0.121. The number of H-pyrrole nitrogens is 1. The van der Waals surface area contributed by atoms with Crippen molar-refractivity contribution in [1.82, 2.24) is 10.2 Å². The third-order valence-corrected chi connectivity index (χ3v) is 3.71. The lowest BCUT2D eigenvalue weighted by atomic mass is 10.1. The van der Waals surface area contributed by atoms with E-state index < -0.39 is 0 Å². The van der Waals surface area contributed by atoms with Crippen LogP contribution in [0.5, 0.6) is 0 Å². The first-order valence-electron chi connectivity index (χ1n) is 7.03. The van der Waals surface area contributed by atoms with E-state index in [2.05, 4.69) is 15.5 Å². The Labute approximate surface area is 126 Å². The predicted molar refractivity (Wildman–Crippen MR) is 88.0 cm³/mol. The number of nitrogens with one attached hydrogen (secondary N) is 2. The van der Waals surface area contributed by atoms with Crippen LogP contribution in [0, 0.1) is 0 Å². The van der Waals surface area contributed by atoms with Crippen molar-refractivity contribution in [3.05, 3.63) is 72.4 Å². The van der Waals surface area contributed by atoms with E-state index in [4.69, 9.17) is 0 Å². The topological polar surface area (TPSA) is 57.8 Å². The van der Waals surface area contributed by atoms with Gasteiger partial charge in [-0.3, -0.25) is 9.89 Å². The Morgan fingerprint density at radius 1 is 0.909 bits per heavy atom. The van der Waals surface area contributed by atoms with Crippen molar-refractivity contribution in [3.63, 3.8) is 0 Å². The van der Waals surface area contributed by atoms with Gasteiger partial charge in [-0.15, -0.1) is 0 Å². The smallest absolute Gasteiger partial charge is 0.255 e. The van der Waals surface area contributed by atoms with Gasteiger partial charge in [0.15, 0.2) is 0 Å². The van der Waals surface area contributed by atoms with Crippen molar-refractivity contribution >= 4 is 33.3 Å². The molecule has 0 atom stereocenters. The average Bonchev–Trinajstić information content (AvgIpc) is 3.02. The SMILES string of the molecule is O=C(Nc1ccc2cn[nH]c2c1)c1ccc2ccccc2c1. The zero-order valence-corrected chi connectivity index (χ0v) is 11.7. The Balaban J connectivity index is 1.64. The monoisotopic (exact) mass is 287 g/mol. The Kier molecular flexibility index (Phi) is 2.86. The fourth-order valence-corrected chi connectivity index (χ4v) is 2.55. The Morgan fingerprint density at radius 3 is 2.64 bits per heavy atom. The second-order valence-corrected chi connectivity index (χ2v) is 5.19. The number of benzene rings is 3. The molecule has 0 aliphatic rings. The maximum atomic E-state index is 12.4. The molecule has 0 aliphatic carbocycles. The molecule has 4 nitrogen and oxygen atoms in total. The van der Waals surface area contributed by atoms with Crippen LogP contribution in [0.4, 0.5) is 5.69 Å². The van der Waals surface area contributed by atoms with Crippen LogP contribution in [0.15, 0.2) is 66.9 Å². The molecule has 0 aliphatic heterocycles. The van der Waals surface area contributed by atoms with E-state index in [0.717, 1.165) is 27.4 Å². The summed E-state index contributed by atoms with van der Waals surface area (Å²) in [4.78, 5) is 12.4. The van der Waals surface area contributed by atoms with E-state index in [9.17, 15) is 4.79 Å². The van der Waals surface area contributed by atoms with Gasteiger partial charge in [0.05, 0.1) is 11.7 Å². The molecule has 0 saturated carbocycles. The van der Waals surface area contributed by atoms with Gasteiger partial charge in [0.1, 0.15) is 0 Å². The van der Waals surface area contributed by atoms with Gasteiger partial charge in [-0.2, -0.15) is 5.10 Å². The molecule has 4 heteroatoms. The maximum absolute atomic E-state index is 12.4. The molecular weight excluding hydrogens is 274 g/mol. The van der Waals surface area contributed by atoms with Crippen LogP contribution in [-0.2, 0) is 0 Å². The summed E-state index contributed by atoms with van der Waals surface area (Å²) in [6, 6.07) is 19.4. The molecule has 0 radical (unpaired) electrons. The minimum absolute atomic E-state index is 0.121. The van der Waals surface area contributed by atoms with E-state index in [-0.39, 0.29) is 5.91 Å². The molecule has 0 spiro atoms. The third-order valence-electron chi connectivity index (χ3n) is 3.71. The van der Waals surface area contributed by atoms with E-state index in [1.54, 1.807) is 6.20 Å². The van der Waals surface area contributed by atoms with E-state index in [1.807, 2.05) is 60.7 Å². The van der Waals surface area contributed by atoms with Gasteiger partial charge in [0.2, 0.25) is 0 Å². The predicted octanol–water partition coefficient (Wildman–Crippen LogP) is 3.97. The van der Waals surface area contributed by atoms with Gasteiger partial charge in [0, 0.05) is 16.6 Å². The highest BCUT2D eigenvalue weighted by atomic mass is 16.1. The number of carbonyl (C=O) groups excluding carboxylic acids is 1.